The normalized spacial score (nSPS) is 18.5. The van der Waals surface area contributed by atoms with Gasteiger partial charge in [-0.25, -0.2) is 0 Å². The summed E-state index contributed by atoms with van der Waals surface area (Å²) in [6.45, 7) is 9.20. The average Bonchev–Trinajstić information content (AvgIpc) is 2.69. The Morgan fingerprint density at radius 1 is 1.42 bits per heavy atom. The molecule has 1 aromatic carbocycles. The summed E-state index contributed by atoms with van der Waals surface area (Å²) in [6, 6.07) is 6.44. The van der Waals surface area contributed by atoms with E-state index in [1.165, 1.54) is 11.1 Å². The predicted molar refractivity (Wildman–Crippen MR) is 79.6 cm³/mol. The molecule has 106 valence electrons. The van der Waals surface area contributed by atoms with Crippen LogP contribution >= 0.6 is 0 Å². The van der Waals surface area contributed by atoms with Gasteiger partial charge in [-0.15, -0.1) is 0 Å². The first kappa shape index (κ1) is 14.4. The Kier molecular flexibility index (Phi) is 4.16. The molecule has 0 radical (unpaired) electrons. The minimum Gasteiger partial charge on any atom is -0.488 e. The third-order valence-corrected chi connectivity index (χ3v) is 3.72. The van der Waals surface area contributed by atoms with E-state index in [4.69, 9.17) is 10.5 Å². The number of aryl methyl sites for hydroxylation is 1. The van der Waals surface area contributed by atoms with Gasteiger partial charge in [0.05, 0.1) is 0 Å². The molecule has 0 aromatic heterocycles. The van der Waals surface area contributed by atoms with Gasteiger partial charge in [0.1, 0.15) is 11.9 Å². The van der Waals surface area contributed by atoms with E-state index in [-0.39, 0.29) is 11.5 Å². The zero-order chi connectivity index (χ0) is 14.0. The summed E-state index contributed by atoms with van der Waals surface area (Å²) in [5.41, 5.74) is 8.60. The molecule has 0 bridgehead atoms. The zero-order valence-corrected chi connectivity index (χ0v) is 12.6. The van der Waals surface area contributed by atoms with Crippen LogP contribution in [0.15, 0.2) is 18.2 Å². The first-order chi connectivity index (χ1) is 8.89. The lowest BCUT2D eigenvalue weighted by Gasteiger charge is -2.30. The fourth-order valence-electron chi connectivity index (χ4n) is 2.76. The van der Waals surface area contributed by atoms with Gasteiger partial charge in [0.25, 0.3) is 0 Å². The standard InChI is InChI=1S/C16H26N2O/c1-12-5-6-15-13(7-12)8-14(19-15)9-18(4)11-16(2,3)10-17/h5-7,14H,8-11,17H2,1-4H3. The monoisotopic (exact) mass is 262 g/mol. The van der Waals surface area contributed by atoms with Gasteiger partial charge in [0.2, 0.25) is 0 Å². The lowest BCUT2D eigenvalue weighted by atomic mass is 9.93. The number of nitrogens with two attached hydrogens (primary N) is 1. The van der Waals surface area contributed by atoms with E-state index in [0.717, 1.165) is 25.3 Å². The smallest absolute Gasteiger partial charge is 0.123 e. The van der Waals surface area contributed by atoms with Crippen molar-refractivity contribution in [1.29, 1.82) is 0 Å². The van der Waals surface area contributed by atoms with E-state index in [0.29, 0.717) is 6.54 Å². The van der Waals surface area contributed by atoms with Crippen LogP contribution in [-0.2, 0) is 6.42 Å². The van der Waals surface area contributed by atoms with Gasteiger partial charge in [-0.2, -0.15) is 0 Å². The number of ether oxygens (including phenoxy) is 1. The molecular weight excluding hydrogens is 236 g/mol. The summed E-state index contributed by atoms with van der Waals surface area (Å²) >= 11 is 0. The highest BCUT2D eigenvalue weighted by molar-refractivity contribution is 5.40. The Hall–Kier alpha value is -1.06. The van der Waals surface area contributed by atoms with E-state index >= 15 is 0 Å². The molecule has 1 aliphatic heterocycles. The second-order valence-corrected chi connectivity index (χ2v) is 6.62. The molecule has 1 atom stereocenters. The zero-order valence-electron chi connectivity index (χ0n) is 12.6. The Morgan fingerprint density at radius 3 is 2.84 bits per heavy atom. The Morgan fingerprint density at radius 2 is 2.16 bits per heavy atom. The quantitative estimate of drug-likeness (QED) is 0.884. The van der Waals surface area contributed by atoms with E-state index in [9.17, 15) is 0 Å². The van der Waals surface area contributed by atoms with Crippen molar-refractivity contribution < 1.29 is 4.74 Å². The summed E-state index contributed by atoms with van der Waals surface area (Å²) in [5, 5.41) is 0. The van der Waals surface area contributed by atoms with Crippen LogP contribution in [0.25, 0.3) is 0 Å². The van der Waals surface area contributed by atoms with Crippen LogP contribution in [0.4, 0.5) is 0 Å². The number of fused-ring (bicyclic) bond motifs is 1. The molecule has 2 rings (SSSR count). The Labute approximate surface area is 116 Å². The van der Waals surface area contributed by atoms with Crippen molar-refractivity contribution in [1.82, 2.24) is 4.90 Å². The fourth-order valence-corrected chi connectivity index (χ4v) is 2.76. The molecule has 0 saturated carbocycles. The van der Waals surface area contributed by atoms with Gasteiger partial charge in [-0.3, -0.25) is 0 Å². The maximum absolute atomic E-state index is 6.01. The Bertz CT molecular complexity index is 442. The van der Waals surface area contributed by atoms with Gasteiger partial charge >= 0.3 is 0 Å². The minimum absolute atomic E-state index is 0.163. The van der Waals surface area contributed by atoms with Gasteiger partial charge < -0.3 is 15.4 Å². The summed E-state index contributed by atoms with van der Waals surface area (Å²) in [4.78, 5) is 2.33. The molecule has 0 saturated heterocycles. The molecule has 1 unspecified atom stereocenters. The van der Waals surface area contributed by atoms with Crippen molar-refractivity contribution in [3.8, 4) is 5.75 Å². The van der Waals surface area contributed by atoms with Crippen LogP contribution in [0.1, 0.15) is 25.0 Å². The molecule has 2 N–H and O–H groups in total. The SMILES string of the molecule is Cc1ccc2c(c1)CC(CN(C)CC(C)(C)CN)O2. The van der Waals surface area contributed by atoms with Crippen molar-refractivity contribution >= 4 is 0 Å². The molecule has 3 nitrogen and oxygen atoms in total. The van der Waals surface area contributed by atoms with Crippen molar-refractivity contribution in [3.05, 3.63) is 29.3 Å². The second-order valence-electron chi connectivity index (χ2n) is 6.62. The number of benzene rings is 1. The van der Waals surface area contributed by atoms with Crippen LogP contribution in [0, 0.1) is 12.3 Å². The molecular formula is C16H26N2O. The van der Waals surface area contributed by atoms with Gasteiger partial charge in [-0.1, -0.05) is 31.5 Å². The molecule has 1 aromatic rings. The number of nitrogens with zero attached hydrogens (tertiary/aromatic N) is 1. The molecule has 0 spiro atoms. The number of hydrogen-bond acceptors (Lipinski definition) is 3. The Balaban J connectivity index is 1.90. The van der Waals surface area contributed by atoms with Crippen molar-refractivity contribution in [3.63, 3.8) is 0 Å². The van der Waals surface area contributed by atoms with Crippen LogP contribution in [0.2, 0.25) is 0 Å². The van der Waals surface area contributed by atoms with Crippen molar-refractivity contribution in [2.75, 3.05) is 26.7 Å². The minimum atomic E-state index is 0.163. The molecule has 3 heteroatoms. The third kappa shape index (κ3) is 3.71. The van der Waals surface area contributed by atoms with Gasteiger partial charge in [0.15, 0.2) is 0 Å². The van der Waals surface area contributed by atoms with Crippen LogP contribution in [0.5, 0.6) is 5.75 Å². The van der Waals surface area contributed by atoms with Crippen LogP contribution < -0.4 is 10.5 Å². The summed E-state index contributed by atoms with van der Waals surface area (Å²) < 4.78 is 6.01. The largest absolute Gasteiger partial charge is 0.488 e. The van der Waals surface area contributed by atoms with E-state index < -0.39 is 0 Å². The lowest BCUT2D eigenvalue weighted by molar-refractivity contribution is 0.138. The molecule has 1 heterocycles. The van der Waals surface area contributed by atoms with Crippen molar-refractivity contribution in [2.24, 2.45) is 11.1 Å². The summed E-state index contributed by atoms with van der Waals surface area (Å²) in [6.07, 6.45) is 1.29. The van der Waals surface area contributed by atoms with E-state index in [1.54, 1.807) is 0 Å². The molecule has 0 aliphatic carbocycles. The maximum Gasteiger partial charge on any atom is 0.123 e. The lowest BCUT2D eigenvalue weighted by Crippen LogP contribution is -2.41. The second kappa shape index (κ2) is 5.51. The number of hydrogen-bond donors (Lipinski definition) is 1. The van der Waals surface area contributed by atoms with Crippen LogP contribution in [0.3, 0.4) is 0 Å². The average molecular weight is 262 g/mol. The first-order valence-electron chi connectivity index (χ1n) is 7.04. The first-order valence-corrected chi connectivity index (χ1v) is 7.04. The summed E-state index contributed by atoms with van der Waals surface area (Å²) in [7, 11) is 2.15. The van der Waals surface area contributed by atoms with Gasteiger partial charge in [0, 0.05) is 19.5 Å². The molecule has 0 fully saturated rings. The fraction of sp³-hybridized carbons (Fsp3) is 0.625. The topological polar surface area (TPSA) is 38.5 Å². The van der Waals surface area contributed by atoms with Gasteiger partial charge in [-0.05, 0) is 37.6 Å². The van der Waals surface area contributed by atoms with Crippen molar-refractivity contribution in [2.45, 2.75) is 33.3 Å². The molecule has 0 amide bonds. The molecule has 19 heavy (non-hydrogen) atoms. The maximum atomic E-state index is 6.01. The van der Waals surface area contributed by atoms with E-state index in [2.05, 4.69) is 50.9 Å². The third-order valence-electron chi connectivity index (χ3n) is 3.72. The highest BCUT2D eigenvalue weighted by Gasteiger charge is 2.26. The highest BCUT2D eigenvalue weighted by Crippen LogP contribution is 2.30. The van der Waals surface area contributed by atoms with Crippen LogP contribution in [-0.4, -0.2) is 37.7 Å². The molecule has 1 aliphatic rings. The highest BCUT2D eigenvalue weighted by atomic mass is 16.5. The number of rotatable bonds is 5. The predicted octanol–water partition coefficient (Wildman–Crippen LogP) is 2.22. The van der Waals surface area contributed by atoms with E-state index in [1.807, 2.05) is 0 Å². The number of likely N-dealkylation sites (N-methyl/N-ethyl adjacent to an activating group) is 1. The summed E-state index contributed by atoms with van der Waals surface area (Å²) in [5.74, 6) is 1.06.